The topological polar surface area (TPSA) is 44.4 Å². The highest BCUT2D eigenvalue weighted by atomic mass is 16.2. The zero-order valence-corrected chi connectivity index (χ0v) is 9.25. The van der Waals surface area contributed by atoms with E-state index in [0.717, 1.165) is 13.1 Å². The first-order valence-corrected chi connectivity index (χ1v) is 5.36. The second-order valence-corrected chi connectivity index (χ2v) is 3.81. The number of hydrogen-bond acceptors (Lipinski definition) is 3. The average Bonchev–Trinajstić information content (AvgIpc) is 2.63. The van der Waals surface area contributed by atoms with Crippen LogP contribution in [0.2, 0.25) is 0 Å². The molecule has 0 aliphatic carbocycles. The number of nitrogens with one attached hydrogen (secondary N) is 2. The van der Waals surface area contributed by atoms with E-state index < -0.39 is 0 Å². The Kier molecular flexibility index (Phi) is 5.16. The molecule has 1 aliphatic heterocycles. The van der Waals surface area contributed by atoms with Gasteiger partial charge in [0, 0.05) is 12.6 Å². The van der Waals surface area contributed by atoms with Gasteiger partial charge in [-0.1, -0.05) is 5.92 Å². The van der Waals surface area contributed by atoms with Crippen LogP contribution in [0.1, 0.15) is 12.8 Å². The summed E-state index contributed by atoms with van der Waals surface area (Å²) in [4.78, 5) is 13.6. The average molecular weight is 209 g/mol. The molecule has 2 N–H and O–H groups in total. The van der Waals surface area contributed by atoms with Crippen LogP contribution in [0.5, 0.6) is 0 Å². The molecule has 1 heterocycles. The number of rotatable bonds is 5. The molecule has 15 heavy (non-hydrogen) atoms. The first kappa shape index (κ1) is 12.0. The summed E-state index contributed by atoms with van der Waals surface area (Å²) in [6.07, 6.45) is 7.42. The van der Waals surface area contributed by atoms with Crippen LogP contribution in [0.4, 0.5) is 0 Å². The minimum atomic E-state index is 0.0240. The Morgan fingerprint density at radius 1 is 1.67 bits per heavy atom. The summed E-state index contributed by atoms with van der Waals surface area (Å²) in [6, 6.07) is 0.492. The maximum atomic E-state index is 11.4. The van der Waals surface area contributed by atoms with Crippen LogP contribution in [0.25, 0.3) is 0 Å². The van der Waals surface area contributed by atoms with Crippen molar-refractivity contribution in [3.63, 3.8) is 0 Å². The van der Waals surface area contributed by atoms with E-state index in [2.05, 4.69) is 21.5 Å². The lowest BCUT2D eigenvalue weighted by Crippen LogP contribution is -2.43. The van der Waals surface area contributed by atoms with Crippen LogP contribution >= 0.6 is 0 Å². The third kappa shape index (κ3) is 3.90. The third-order valence-corrected chi connectivity index (χ3v) is 2.67. The molecule has 0 spiro atoms. The lowest BCUT2D eigenvalue weighted by molar-refractivity contribution is -0.122. The summed E-state index contributed by atoms with van der Waals surface area (Å²) in [5.41, 5.74) is 0. The maximum absolute atomic E-state index is 11.4. The lowest BCUT2D eigenvalue weighted by Gasteiger charge is -2.23. The molecule has 4 nitrogen and oxygen atoms in total. The molecule has 84 valence electrons. The van der Waals surface area contributed by atoms with E-state index in [1.807, 2.05) is 7.05 Å². The van der Waals surface area contributed by atoms with Gasteiger partial charge in [-0.15, -0.1) is 6.42 Å². The quantitative estimate of drug-likeness (QED) is 0.595. The predicted octanol–water partition coefficient (Wildman–Crippen LogP) is -0.580. The molecule has 0 aromatic rings. The number of hydrogen-bond donors (Lipinski definition) is 2. The molecule has 1 saturated heterocycles. The highest BCUT2D eigenvalue weighted by Gasteiger charge is 2.25. The van der Waals surface area contributed by atoms with E-state index in [1.54, 1.807) is 0 Å². The number of carbonyl (C=O) groups excluding carboxylic acids is 1. The highest BCUT2D eigenvalue weighted by molar-refractivity contribution is 5.78. The summed E-state index contributed by atoms with van der Waals surface area (Å²) in [5.74, 6) is 2.42. The van der Waals surface area contributed by atoms with E-state index in [-0.39, 0.29) is 5.91 Å². The number of nitrogens with zero attached hydrogens (tertiary/aromatic N) is 1. The zero-order chi connectivity index (χ0) is 11.1. The van der Waals surface area contributed by atoms with Crippen molar-refractivity contribution in [2.24, 2.45) is 0 Å². The van der Waals surface area contributed by atoms with Crippen molar-refractivity contribution in [3.8, 4) is 12.3 Å². The normalized spacial score (nSPS) is 21.2. The molecule has 1 rings (SSSR count). The number of terminal acetylenes is 1. The van der Waals surface area contributed by atoms with Gasteiger partial charge in [-0.3, -0.25) is 9.69 Å². The summed E-state index contributed by atoms with van der Waals surface area (Å²) >= 11 is 0. The van der Waals surface area contributed by atoms with Crippen molar-refractivity contribution in [3.05, 3.63) is 0 Å². The third-order valence-electron chi connectivity index (χ3n) is 2.67. The van der Waals surface area contributed by atoms with Crippen molar-refractivity contribution in [2.75, 3.05) is 33.2 Å². The summed E-state index contributed by atoms with van der Waals surface area (Å²) in [5, 5.41) is 5.84. The lowest BCUT2D eigenvalue weighted by atomic mass is 10.2. The first-order valence-electron chi connectivity index (χ1n) is 5.36. The van der Waals surface area contributed by atoms with Gasteiger partial charge in [0.1, 0.15) is 0 Å². The minimum absolute atomic E-state index is 0.0240. The first-order chi connectivity index (χ1) is 7.27. The molecule has 0 aromatic carbocycles. The van der Waals surface area contributed by atoms with E-state index in [0.29, 0.717) is 19.1 Å². The van der Waals surface area contributed by atoms with E-state index in [1.165, 1.54) is 12.8 Å². The Balaban J connectivity index is 2.30. The number of amides is 1. The summed E-state index contributed by atoms with van der Waals surface area (Å²) in [7, 11) is 1.94. The number of likely N-dealkylation sites (tertiary alicyclic amines) is 1. The summed E-state index contributed by atoms with van der Waals surface area (Å²) < 4.78 is 0. The largest absolute Gasteiger partial charge is 0.344 e. The van der Waals surface area contributed by atoms with E-state index >= 15 is 0 Å². The van der Waals surface area contributed by atoms with Gasteiger partial charge in [0.05, 0.1) is 13.1 Å². The van der Waals surface area contributed by atoms with Crippen LogP contribution in [0.15, 0.2) is 0 Å². The van der Waals surface area contributed by atoms with Crippen molar-refractivity contribution in [2.45, 2.75) is 18.9 Å². The van der Waals surface area contributed by atoms with Gasteiger partial charge < -0.3 is 10.6 Å². The fraction of sp³-hybridized carbons (Fsp3) is 0.727. The van der Waals surface area contributed by atoms with E-state index in [9.17, 15) is 4.79 Å². The second-order valence-electron chi connectivity index (χ2n) is 3.81. The van der Waals surface area contributed by atoms with Crippen LogP contribution < -0.4 is 10.6 Å². The Morgan fingerprint density at radius 2 is 2.47 bits per heavy atom. The molecule has 1 amide bonds. The Labute approximate surface area is 91.4 Å². The van der Waals surface area contributed by atoms with Gasteiger partial charge in [0.15, 0.2) is 0 Å². The van der Waals surface area contributed by atoms with Crippen molar-refractivity contribution in [1.82, 2.24) is 15.5 Å². The molecule has 0 bridgehead atoms. The Morgan fingerprint density at radius 3 is 3.13 bits per heavy atom. The Bertz CT molecular complexity index is 247. The van der Waals surface area contributed by atoms with Gasteiger partial charge in [-0.25, -0.2) is 0 Å². The fourth-order valence-electron chi connectivity index (χ4n) is 1.96. The van der Waals surface area contributed by atoms with Crippen molar-refractivity contribution >= 4 is 5.91 Å². The number of likely N-dealkylation sites (N-methyl/N-ethyl adjacent to an activating group) is 1. The Hall–Kier alpha value is -1.05. The monoisotopic (exact) mass is 209 g/mol. The van der Waals surface area contributed by atoms with Crippen molar-refractivity contribution < 1.29 is 4.79 Å². The van der Waals surface area contributed by atoms with E-state index in [4.69, 9.17) is 6.42 Å². The molecule has 4 heteroatoms. The molecule has 0 aromatic heterocycles. The van der Waals surface area contributed by atoms with Gasteiger partial charge in [0.25, 0.3) is 0 Å². The molecule has 0 radical (unpaired) electrons. The van der Waals surface area contributed by atoms with Crippen molar-refractivity contribution in [1.29, 1.82) is 0 Å². The van der Waals surface area contributed by atoms with Gasteiger partial charge in [-0.2, -0.15) is 0 Å². The van der Waals surface area contributed by atoms with Gasteiger partial charge in [0.2, 0.25) is 5.91 Å². The SMILES string of the molecule is C#CCNC(=O)CN1CCCC1CNC. The molecule has 1 aliphatic rings. The van der Waals surface area contributed by atoms with Crippen LogP contribution in [0, 0.1) is 12.3 Å². The molecular weight excluding hydrogens is 190 g/mol. The fourth-order valence-corrected chi connectivity index (χ4v) is 1.96. The predicted molar refractivity (Wildman–Crippen MR) is 60.4 cm³/mol. The molecule has 0 saturated carbocycles. The molecule has 1 fully saturated rings. The standard InChI is InChI=1S/C11H19N3O/c1-3-6-13-11(15)9-14-7-4-5-10(14)8-12-2/h1,10,12H,4-9H2,2H3,(H,13,15). The summed E-state index contributed by atoms with van der Waals surface area (Å²) in [6.45, 7) is 2.75. The highest BCUT2D eigenvalue weighted by Crippen LogP contribution is 2.15. The molecule has 1 unspecified atom stereocenters. The van der Waals surface area contributed by atoms with Crippen LogP contribution in [-0.4, -0.2) is 50.1 Å². The minimum Gasteiger partial charge on any atom is -0.344 e. The van der Waals surface area contributed by atoms with Gasteiger partial charge >= 0.3 is 0 Å². The smallest absolute Gasteiger partial charge is 0.234 e. The van der Waals surface area contributed by atoms with Gasteiger partial charge in [-0.05, 0) is 26.4 Å². The van der Waals surface area contributed by atoms with Crippen LogP contribution in [0.3, 0.4) is 0 Å². The molecular formula is C11H19N3O. The van der Waals surface area contributed by atoms with Crippen LogP contribution in [-0.2, 0) is 4.79 Å². The zero-order valence-electron chi connectivity index (χ0n) is 9.25. The maximum Gasteiger partial charge on any atom is 0.234 e. The second kappa shape index (κ2) is 6.44. The molecule has 1 atom stereocenters. The number of carbonyl (C=O) groups is 1.